The third-order valence-electron chi connectivity index (χ3n) is 6.09. The molecule has 167 valence electrons. The lowest BCUT2D eigenvalue weighted by Crippen LogP contribution is -2.18. The average Bonchev–Trinajstić information content (AvgIpc) is 3.35. The molecule has 0 atom stereocenters. The molecule has 0 bridgehead atoms. The van der Waals surface area contributed by atoms with Gasteiger partial charge in [0.2, 0.25) is 0 Å². The van der Waals surface area contributed by atoms with Crippen molar-refractivity contribution in [3.8, 4) is 22.6 Å². The average molecular weight is 459 g/mol. The van der Waals surface area contributed by atoms with Crippen molar-refractivity contribution in [2.75, 3.05) is 25.5 Å². The number of phenolic OH excluding ortho intramolecular Hbond substituents is 1. The number of methoxy groups -OCH3 is 1. The lowest BCUT2D eigenvalue weighted by molar-refractivity contribution is 0.331. The van der Waals surface area contributed by atoms with Gasteiger partial charge in [0.1, 0.15) is 0 Å². The van der Waals surface area contributed by atoms with E-state index in [1.54, 1.807) is 18.3 Å². The summed E-state index contributed by atoms with van der Waals surface area (Å²) in [6, 6.07) is 21.3. The van der Waals surface area contributed by atoms with Gasteiger partial charge in [-0.15, -0.1) is 0 Å². The van der Waals surface area contributed by atoms with Crippen molar-refractivity contribution >= 4 is 33.9 Å². The van der Waals surface area contributed by atoms with E-state index in [1.807, 2.05) is 18.2 Å². The molecule has 0 unspecified atom stereocenters. The number of likely N-dealkylation sites (tertiary alicyclic amines) is 1. The molecule has 5 nitrogen and oxygen atoms in total. The van der Waals surface area contributed by atoms with Crippen LogP contribution in [0, 0.1) is 6.07 Å². The Morgan fingerprint density at radius 3 is 2.61 bits per heavy atom. The maximum atomic E-state index is 10.1. The number of anilines is 2. The second kappa shape index (κ2) is 9.30. The molecule has 33 heavy (non-hydrogen) atoms. The Hall–Kier alpha value is -3.28. The highest BCUT2D eigenvalue weighted by Crippen LogP contribution is 2.39. The van der Waals surface area contributed by atoms with E-state index in [1.165, 1.54) is 38.6 Å². The maximum absolute atomic E-state index is 10.1. The molecular formula is C27H25ClN3O2. The number of hydrogen-bond donors (Lipinski definition) is 2. The standard InChI is InChI=1S/C27H25ClN3O2/c1-33-26-16-20(15-23(28)27(26)32)19-6-9-24-22(14-19)25(10-11-29-24)30-21-7-4-18(5-8-21)17-31-12-2-3-13-31/h4-9,11,14-16,32H,2-3,12-13,17H2,1H3,(H,29,30). The van der Waals surface area contributed by atoms with Crippen LogP contribution in [-0.2, 0) is 6.54 Å². The van der Waals surface area contributed by atoms with Crippen LogP contribution < -0.4 is 10.1 Å². The number of halogens is 1. The molecular weight excluding hydrogens is 434 g/mol. The van der Waals surface area contributed by atoms with Gasteiger partial charge in [0.25, 0.3) is 0 Å². The molecule has 1 radical (unpaired) electrons. The van der Waals surface area contributed by atoms with E-state index in [0.717, 1.165) is 39.9 Å². The van der Waals surface area contributed by atoms with Crippen LogP contribution in [0.5, 0.6) is 11.5 Å². The number of fused-ring (bicyclic) bond motifs is 1. The molecule has 5 rings (SSSR count). The van der Waals surface area contributed by atoms with Gasteiger partial charge < -0.3 is 15.2 Å². The third-order valence-corrected chi connectivity index (χ3v) is 6.38. The topological polar surface area (TPSA) is 57.6 Å². The van der Waals surface area contributed by atoms with Crippen LogP contribution in [0.3, 0.4) is 0 Å². The summed E-state index contributed by atoms with van der Waals surface area (Å²) in [5, 5.41) is 14.7. The Bertz CT molecular complexity index is 1280. The van der Waals surface area contributed by atoms with Gasteiger partial charge in [0.15, 0.2) is 11.5 Å². The SMILES string of the molecule is COc1cc(-c2ccc3nc[c]c(Nc4ccc(CN5CCCC5)cc4)c3c2)cc(Cl)c1O. The zero-order chi connectivity index (χ0) is 22.8. The van der Waals surface area contributed by atoms with Crippen LogP contribution in [-0.4, -0.2) is 35.2 Å². The highest BCUT2D eigenvalue weighted by Gasteiger charge is 2.13. The molecule has 0 amide bonds. The van der Waals surface area contributed by atoms with Crippen molar-refractivity contribution < 1.29 is 9.84 Å². The summed E-state index contributed by atoms with van der Waals surface area (Å²) in [5.74, 6) is 0.275. The van der Waals surface area contributed by atoms with Gasteiger partial charge in [-0.3, -0.25) is 9.88 Å². The Morgan fingerprint density at radius 2 is 1.85 bits per heavy atom. The first-order valence-corrected chi connectivity index (χ1v) is 11.4. The summed E-state index contributed by atoms with van der Waals surface area (Å²) >= 11 is 6.21. The minimum Gasteiger partial charge on any atom is -0.503 e. The summed E-state index contributed by atoms with van der Waals surface area (Å²) in [5.41, 5.74) is 5.83. The highest BCUT2D eigenvalue weighted by molar-refractivity contribution is 6.32. The van der Waals surface area contributed by atoms with Crippen LogP contribution in [0.25, 0.3) is 22.0 Å². The first-order chi connectivity index (χ1) is 16.1. The minimum atomic E-state index is -0.0609. The van der Waals surface area contributed by atoms with E-state index in [-0.39, 0.29) is 10.8 Å². The fraction of sp³-hybridized carbons (Fsp3) is 0.222. The van der Waals surface area contributed by atoms with E-state index in [4.69, 9.17) is 16.3 Å². The quantitative estimate of drug-likeness (QED) is 0.349. The van der Waals surface area contributed by atoms with Gasteiger partial charge in [-0.25, -0.2) is 0 Å². The molecule has 3 aromatic carbocycles. The Morgan fingerprint density at radius 1 is 1.06 bits per heavy atom. The summed E-state index contributed by atoms with van der Waals surface area (Å²) in [6.07, 6.45) is 4.29. The molecule has 0 saturated carbocycles. The number of nitrogens with one attached hydrogen (secondary N) is 1. The fourth-order valence-electron chi connectivity index (χ4n) is 4.31. The molecule has 2 heterocycles. The van der Waals surface area contributed by atoms with Crippen molar-refractivity contribution in [1.29, 1.82) is 0 Å². The Balaban J connectivity index is 1.44. The van der Waals surface area contributed by atoms with Gasteiger partial charge in [-0.2, -0.15) is 0 Å². The second-order valence-corrected chi connectivity index (χ2v) is 8.73. The summed E-state index contributed by atoms with van der Waals surface area (Å²) in [7, 11) is 1.51. The van der Waals surface area contributed by atoms with Gasteiger partial charge >= 0.3 is 0 Å². The van der Waals surface area contributed by atoms with Crippen LogP contribution in [0.15, 0.2) is 60.8 Å². The number of nitrogens with zero attached hydrogens (tertiary/aromatic N) is 2. The smallest absolute Gasteiger partial charge is 0.176 e. The van der Waals surface area contributed by atoms with Gasteiger partial charge in [-0.05, 0) is 79.0 Å². The number of phenols is 1. The molecule has 1 aliphatic heterocycles. The van der Waals surface area contributed by atoms with E-state index in [9.17, 15) is 5.11 Å². The maximum Gasteiger partial charge on any atom is 0.176 e. The number of ether oxygens (including phenoxy) is 1. The lowest BCUT2D eigenvalue weighted by Gasteiger charge is -2.15. The van der Waals surface area contributed by atoms with Gasteiger partial charge in [0, 0.05) is 29.9 Å². The predicted molar refractivity (Wildman–Crippen MR) is 133 cm³/mol. The van der Waals surface area contributed by atoms with Crippen LogP contribution >= 0.6 is 11.6 Å². The van der Waals surface area contributed by atoms with Gasteiger partial charge in [0.05, 0.1) is 23.3 Å². The van der Waals surface area contributed by atoms with E-state index in [0.29, 0.717) is 5.75 Å². The van der Waals surface area contributed by atoms with Crippen molar-refractivity contribution in [2.24, 2.45) is 0 Å². The van der Waals surface area contributed by atoms with Crippen molar-refractivity contribution in [2.45, 2.75) is 19.4 Å². The fourth-order valence-corrected chi connectivity index (χ4v) is 4.52. The zero-order valence-corrected chi connectivity index (χ0v) is 19.2. The molecule has 0 spiro atoms. The van der Waals surface area contributed by atoms with E-state index >= 15 is 0 Å². The zero-order valence-electron chi connectivity index (χ0n) is 18.4. The number of aromatic hydroxyl groups is 1. The molecule has 1 aromatic heterocycles. The molecule has 2 N–H and O–H groups in total. The largest absolute Gasteiger partial charge is 0.503 e. The molecule has 1 saturated heterocycles. The normalized spacial score (nSPS) is 14.0. The molecule has 1 aliphatic rings. The summed E-state index contributed by atoms with van der Waals surface area (Å²) in [6.45, 7) is 3.39. The molecule has 6 heteroatoms. The highest BCUT2D eigenvalue weighted by atomic mass is 35.5. The number of pyridine rings is 1. The van der Waals surface area contributed by atoms with Crippen molar-refractivity contribution in [3.05, 3.63) is 77.4 Å². The molecule has 1 fully saturated rings. The number of aromatic nitrogens is 1. The predicted octanol–water partition coefficient (Wildman–Crippen LogP) is 6.41. The molecule has 4 aromatic rings. The van der Waals surface area contributed by atoms with Crippen LogP contribution in [0.1, 0.15) is 18.4 Å². The first-order valence-electron chi connectivity index (χ1n) is 11.1. The van der Waals surface area contributed by atoms with Crippen LogP contribution in [0.2, 0.25) is 5.02 Å². The number of benzene rings is 3. The van der Waals surface area contributed by atoms with Crippen LogP contribution in [0.4, 0.5) is 11.4 Å². The number of rotatable bonds is 6. The Labute approximate surface area is 198 Å². The number of hydrogen-bond acceptors (Lipinski definition) is 5. The van der Waals surface area contributed by atoms with E-state index < -0.39 is 0 Å². The van der Waals surface area contributed by atoms with Crippen molar-refractivity contribution in [1.82, 2.24) is 9.88 Å². The lowest BCUT2D eigenvalue weighted by atomic mass is 10.0. The van der Waals surface area contributed by atoms with E-state index in [2.05, 4.69) is 45.5 Å². The minimum absolute atomic E-state index is 0.0609. The summed E-state index contributed by atoms with van der Waals surface area (Å²) < 4.78 is 5.26. The first kappa shape index (κ1) is 21.6. The third kappa shape index (κ3) is 4.61. The summed E-state index contributed by atoms with van der Waals surface area (Å²) in [4.78, 5) is 6.96. The molecule has 0 aliphatic carbocycles. The van der Waals surface area contributed by atoms with Crippen molar-refractivity contribution in [3.63, 3.8) is 0 Å². The van der Waals surface area contributed by atoms with Gasteiger partial charge in [-0.1, -0.05) is 29.8 Å². The second-order valence-electron chi connectivity index (χ2n) is 8.32. The monoisotopic (exact) mass is 458 g/mol. The Kier molecular flexibility index (Phi) is 6.07.